The Labute approximate surface area is 135 Å². The first-order chi connectivity index (χ1) is 9.69. The Morgan fingerprint density at radius 2 is 1.81 bits per heavy atom. The molecular weight excluding hydrogens is 362 g/mol. The van der Waals surface area contributed by atoms with Crippen LogP contribution in [0.25, 0.3) is 0 Å². The summed E-state index contributed by atoms with van der Waals surface area (Å²) >= 11 is 9.33. The van der Waals surface area contributed by atoms with Crippen LogP contribution in [0.15, 0.2) is 28.4 Å². The zero-order chi connectivity index (χ0) is 15.8. The molecule has 21 heavy (non-hydrogen) atoms. The molecule has 0 radical (unpaired) electrons. The van der Waals surface area contributed by atoms with Crippen molar-refractivity contribution in [1.82, 2.24) is 0 Å². The number of aryl methyl sites for hydroxylation is 1. The third-order valence-corrected chi connectivity index (χ3v) is 3.95. The van der Waals surface area contributed by atoms with Crippen molar-refractivity contribution in [2.75, 3.05) is 5.32 Å². The van der Waals surface area contributed by atoms with E-state index < -0.39 is 17.7 Å². The van der Waals surface area contributed by atoms with Gasteiger partial charge in [-0.25, -0.2) is 9.59 Å². The summed E-state index contributed by atoms with van der Waals surface area (Å²) in [4.78, 5) is 23.6. The number of ether oxygens (including phenoxy) is 2. The Morgan fingerprint density at radius 3 is 2.38 bits per heavy atom. The number of anilines is 1. The maximum atomic E-state index is 11.8. The average molecular weight is 375 g/mol. The number of hydrogen-bond acceptors (Lipinski definition) is 5. The highest BCUT2D eigenvalue weighted by atomic mass is 79.9. The first-order valence-electron chi connectivity index (χ1n) is 6.08. The Kier molecular flexibility index (Phi) is 4.30. The summed E-state index contributed by atoms with van der Waals surface area (Å²) in [7, 11) is 0. The lowest BCUT2D eigenvalue weighted by molar-refractivity contribution is -0.222. The van der Waals surface area contributed by atoms with E-state index >= 15 is 0 Å². The molecule has 1 heterocycles. The number of carbonyl (C=O) groups excluding carboxylic acids is 2. The highest BCUT2D eigenvalue weighted by Gasteiger charge is 2.38. The Bertz CT molecular complexity index is 633. The van der Waals surface area contributed by atoms with Gasteiger partial charge >= 0.3 is 11.9 Å². The molecule has 1 aliphatic rings. The molecule has 7 heteroatoms. The van der Waals surface area contributed by atoms with Crippen LogP contribution in [-0.4, -0.2) is 17.7 Å². The van der Waals surface area contributed by atoms with E-state index in [1.165, 1.54) is 20.0 Å². The van der Waals surface area contributed by atoms with Crippen LogP contribution in [-0.2, 0) is 19.1 Å². The Balaban J connectivity index is 2.24. The number of carbonyl (C=O) groups is 2. The molecule has 112 valence electrons. The Morgan fingerprint density at radius 1 is 1.24 bits per heavy atom. The van der Waals surface area contributed by atoms with E-state index in [2.05, 4.69) is 21.2 Å². The monoisotopic (exact) mass is 373 g/mol. The van der Waals surface area contributed by atoms with E-state index in [9.17, 15) is 9.59 Å². The van der Waals surface area contributed by atoms with E-state index in [-0.39, 0.29) is 5.57 Å². The fraction of sp³-hybridized carbons (Fsp3) is 0.286. The predicted molar refractivity (Wildman–Crippen MR) is 81.9 cm³/mol. The molecule has 1 aromatic carbocycles. The number of nitrogens with one attached hydrogen (secondary N) is 1. The zero-order valence-electron chi connectivity index (χ0n) is 11.6. The summed E-state index contributed by atoms with van der Waals surface area (Å²) in [6, 6.07) is 3.51. The highest BCUT2D eigenvalue weighted by molar-refractivity contribution is 9.10. The largest absolute Gasteiger partial charge is 0.419 e. The van der Waals surface area contributed by atoms with Gasteiger partial charge in [-0.3, -0.25) is 0 Å². The van der Waals surface area contributed by atoms with Gasteiger partial charge in [-0.15, -0.1) is 0 Å². The van der Waals surface area contributed by atoms with E-state index in [4.69, 9.17) is 21.1 Å². The number of benzene rings is 1. The van der Waals surface area contributed by atoms with Crippen molar-refractivity contribution < 1.29 is 19.1 Å². The zero-order valence-corrected chi connectivity index (χ0v) is 14.0. The van der Waals surface area contributed by atoms with Crippen LogP contribution >= 0.6 is 27.5 Å². The topological polar surface area (TPSA) is 64.6 Å². The van der Waals surface area contributed by atoms with E-state index in [1.54, 1.807) is 6.07 Å². The third-order valence-electron chi connectivity index (χ3n) is 2.76. The quantitative estimate of drug-likeness (QED) is 0.487. The maximum absolute atomic E-state index is 11.8. The van der Waals surface area contributed by atoms with E-state index in [0.29, 0.717) is 10.7 Å². The molecule has 0 unspecified atom stereocenters. The number of rotatable bonds is 2. The SMILES string of the molecule is Cc1cc(Br)c(Cl)cc1NC=C1C(=O)OC(C)(C)OC1=O. The normalized spacial score (nSPS) is 17.1. The highest BCUT2D eigenvalue weighted by Crippen LogP contribution is 2.29. The van der Waals surface area contributed by atoms with Crippen LogP contribution in [0.2, 0.25) is 5.02 Å². The van der Waals surface area contributed by atoms with Crippen molar-refractivity contribution in [2.24, 2.45) is 0 Å². The molecule has 1 N–H and O–H groups in total. The second-order valence-electron chi connectivity index (χ2n) is 4.96. The van der Waals surface area contributed by atoms with Crippen LogP contribution in [0.4, 0.5) is 5.69 Å². The second kappa shape index (κ2) is 5.69. The Hall–Kier alpha value is -1.53. The first-order valence-corrected chi connectivity index (χ1v) is 7.26. The number of cyclic esters (lactones) is 2. The molecule has 0 saturated carbocycles. The van der Waals surface area contributed by atoms with Gasteiger partial charge in [0.25, 0.3) is 5.79 Å². The van der Waals surface area contributed by atoms with Crippen molar-refractivity contribution in [3.05, 3.63) is 39.0 Å². The van der Waals surface area contributed by atoms with Gasteiger partial charge in [-0.1, -0.05) is 11.6 Å². The van der Waals surface area contributed by atoms with Gasteiger partial charge in [0, 0.05) is 30.2 Å². The predicted octanol–water partition coefficient (Wildman–Crippen LogP) is 3.54. The standard InChI is InChI=1S/C14H13BrClNO4/c1-7-4-9(15)10(16)5-11(7)17-6-8-12(18)20-14(2,3)21-13(8)19/h4-6,17H,1-3H3. The molecule has 0 aromatic heterocycles. The van der Waals surface area contributed by atoms with Gasteiger partial charge in [-0.2, -0.15) is 0 Å². The minimum Gasteiger partial charge on any atom is -0.419 e. The molecule has 1 saturated heterocycles. The molecular formula is C14H13BrClNO4. The van der Waals surface area contributed by atoms with Gasteiger partial charge in [-0.05, 0) is 40.5 Å². The minimum atomic E-state index is -1.25. The summed E-state index contributed by atoms with van der Waals surface area (Å²) in [5, 5.41) is 3.38. The molecule has 1 aliphatic heterocycles. The summed E-state index contributed by atoms with van der Waals surface area (Å²) < 4.78 is 10.8. The first kappa shape index (κ1) is 15.9. The molecule has 2 rings (SSSR count). The fourth-order valence-electron chi connectivity index (χ4n) is 1.73. The smallest absolute Gasteiger partial charge is 0.350 e. The van der Waals surface area contributed by atoms with Gasteiger partial charge in [0.2, 0.25) is 0 Å². The number of esters is 2. The lowest BCUT2D eigenvalue weighted by atomic mass is 10.2. The molecule has 0 aliphatic carbocycles. The summed E-state index contributed by atoms with van der Waals surface area (Å²) in [6.45, 7) is 4.85. The van der Waals surface area contributed by atoms with Gasteiger partial charge in [0.15, 0.2) is 5.57 Å². The molecule has 0 spiro atoms. The summed E-state index contributed by atoms with van der Waals surface area (Å²) in [5.74, 6) is -2.71. The van der Waals surface area contributed by atoms with Crippen LogP contribution in [0, 0.1) is 6.92 Å². The lowest BCUT2D eigenvalue weighted by Crippen LogP contribution is -2.42. The molecule has 5 nitrogen and oxygen atoms in total. The van der Waals surface area contributed by atoms with Crippen molar-refractivity contribution in [3.8, 4) is 0 Å². The molecule has 0 bridgehead atoms. The molecule has 0 atom stereocenters. The number of hydrogen-bond donors (Lipinski definition) is 1. The van der Waals surface area contributed by atoms with Crippen LogP contribution in [0.5, 0.6) is 0 Å². The summed E-state index contributed by atoms with van der Waals surface area (Å²) in [6.07, 6.45) is 1.26. The lowest BCUT2D eigenvalue weighted by Gasteiger charge is -2.29. The van der Waals surface area contributed by atoms with Gasteiger partial charge in [0.05, 0.1) is 5.02 Å². The second-order valence-corrected chi connectivity index (χ2v) is 6.22. The van der Waals surface area contributed by atoms with Crippen molar-refractivity contribution in [2.45, 2.75) is 26.6 Å². The van der Waals surface area contributed by atoms with Crippen LogP contribution < -0.4 is 5.32 Å². The maximum Gasteiger partial charge on any atom is 0.350 e. The van der Waals surface area contributed by atoms with Crippen molar-refractivity contribution in [3.63, 3.8) is 0 Å². The van der Waals surface area contributed by atoms with E-state index in [0.717, 1.165) is 10.0 Å². The molecule has 1 aromatic rings. The molecule has 0 amide bonds. The van der Waals surface area contributed by atoms with Gasteiger partial charge in [0.1, 0.15) is 0 Å². The fourth-order valence-corrected chi connectivity index (χ4v) is 2.35. The third kappa shape index (κ3) is 3.57. The number of halogens is 2. The van der Waals surface area contributed by atoms with Crippen LogP contribution in [0.1, 0.15) is 19.4 Å². The van der Waals surface area contributed by atoms with Crippen LogP contribution in [0.3, 0.4) is 0 Å². The van der Waals surface area contributed by atoms with E-state index in [1.807, 2.05) is 13.0 Å². The molecule has 1 fully saturated rings. The van der Waals surface area contributed by atoms with Crippen molar-refractivity contribution in [1.29, 1.82) is 0 Å². The van der Waals surface area contributed by atoms with Gasteiger partial charge < -0.3 is 14.8 Å². The summed E-state index contributed by atoms with van der Waals surface area (Å²) in [5.41, 5.74) is 1.36. The average Bonchev–Trinajstić information content (AvgIpc) is 2.32. The minimum absolute atomic E-state index is 0.201. The van der Waals surface area contributed by atoms with Crippen molar-refractivity contribution >= 4 is 45.2 Å².